The molecule has 0 saturated carbocycles. The van der Waals surface area contributed by atoms with E-state index in [9.17, 15) is 0 Å². The molecule has 0 bridgehead atoms. The SMILES string of the molecule is C#CCSCCNCc1cccc(Br)c1. The van der Waals surface area contributed by atoms with Gasteiger partial charge in [0.15, 0.2) is 0 Å². The van der Waals surface area contributed by atoms with Crippen molar-refractivity contribution >= 4 is 27.7 Å². The van der Waals surface area contributed by atoms with Gasteiger partial charge in [-0.2, -0.15) is 0 Å². The second-order valence-electron chi connectivity index (χ2n) is 3.06. The molecule has 0 fully saturated rings. The summed E-state index contributed by atoms with van der Waals surface area (Å²) in [5.41, 5.74) is 1.30. The van der Waals surface area contributed by atoms with Gasteiger partial charge in [-0.25, -0.2) is 0 Å². The Balaban J connectivity index is 2.13. The molecule has 1 N–H and O–H groups in total. The molecule has 1 aromatic carbocycles. The first-order valence-corrected chi connectivity index (χ1v) is 6.74. The van der Waals surface area contributed by atoms with Gasteiger partial charge in [-0.05, 0) is 17.7 Å². The average molecular weight is 284 g/mol. The van der Waals surface area contributed by atoms with Crippen molar-refractivity contribution in [1.82, 2.24) is 5.32 Å². The first kappa shape index (κ1) is 12.6. The Hall–Kier alpha value is -0.430. The van der Waals surface area contributed by atoms with Gasteiger partial charge < -0.3 is 5.32 Å². The zero-order chi connectivity index (χ0) is 10.9. The van der Waals surface area contributed by atoms with E-state index in [1.807, 2.05) is 12.1 Å². The Bertz CT molecular complexity index is 333. The highest BCUT2D eigenvalue weighted by Gasteiger charge is 1.93. The molecular formula is C12H14BrNS. The Kier molecular flexibility index (Phi) is 6.58. The summed E-state index contributed by atoms with van der Waals surface area (Å²) in [6.07, 6.45) is 5.15. The zero-order valence-electron chi connectivity index (χ0n) is 8.50. The van der Waals surface area contributed by atoms with E-state index < -0.39 is 0 Å². The fourth-order valence-corrected chi connectivity index (χ4v) is 2.15. The van der Waals surface area contributed by atoms with E-state index in [0.29, 0.717) is 0 Å². The maximum Gasteiger partial charge on any atom is 0.0545 e. The van der Waals surface area contributed by atoms with Crippen LogP contribution in [0.15, 0.2) is 28.7 Å². The quantitative estimate of drug-likeness (QED) is 0.637. The van der Waals surface area contributed by atoms with E-state index in [1.165, 1.54) is 5.56 Å². The molecular weight excluding hydrogens is 270 g/mol. The van der Waals surface area contributed by atoms with Gasteiger partial charge in [0, 0.05) is 23.3 Å². The monoisotopic (exact) mass is 283 g/mol. The molecule has 1 rings (SSSR count). The zero-order valence-corrected chi connectivity index (χ0v) is 10.9. The summed E-state index contributed by atoms with van der Waals surface area (Å²) in [6, 6.07) is 8.33. The molecule has 0 spiro atoms. The van der Waals surface area contributed by atoms with Crippen molar-refractivity contribution in [2.45, 2.75) is 6.54 Å². The molecule has 0 atom stereocenters. The van der Waals surface area contributed by atoms with Crippen molar-refractivity contribution in [3.8, 4) is 12.3 Å². The fourth-order valence-electron chi connectivity index (χ4n) is 1.16. The Labute approximate surface area is 104 Å². The van der Waals surface area contributed by atoms with Crippen LogP contribution in [-0.4, -0.2) is 18.1 Å². The van der Waals surface area contributed by atoms with Crippen LogP contribution in [-0.2, 0) is 6.54 Å². The molecule has 0 saturated heterocycles. The van der Waals surface area contributed by atoms with Crippen LogP contribution in [0.1, 0.15) is 5.56 Å². The predicted octanol–water partition coefficient (Wildman–Crippen LogP) is 2.91. The van der Waals surface area contributed by atoms with Crippen LogP contribution in [0.25, 0.3) is 0 Å². The van der Waals surface area contributed by atoms with E-state index in [2.05, 4.69) is 39.3 Å². The minimum absolute atomic E-state index is 0.804. The second kappa shape index (κ2) is 7.81. The van der Waals surface area contributed by atoms with Gasteiger partial charge in [-0.1, -0.05) is 34.0 Å². The summed E-state index contributed by atoms with van der Waals surface area (Å²) in [6.45, 7) is 1.91. The largest absolute Gasteiger partial charge is 0.312 e. The van der Waals surface area contributed by atoms with Gasteiger partial charge in [0.25, 0.3) is 0 Å². The third kappa shape index (κ3) is 5.88. The minimum Gasteiger partial charge on any atom is -0.312 e. The highest BCUT2D eigenvalue weighted by Crippen LogP contribution is 2.11. The van der Waals surface area contributed by atoms with Crippen LogP contribution < -0.4 is 5.32 Å². The highest BCUT2D eigenvalue weighted by atomic mass is 79.9. The molecule has 0 amide bonds. The standard InChI is InChI=1S/C12H14BrNS/c1-2-7-15-8-6-14-10-11-4-3-5-12(13)9-11/h1,3-5,9,14H,6-8,10H2. The number of hydrogen-bond donors (Lipinski definition) is 1. The molecule has 0 heterocycles. The number of hydrogen-bond acceptors (Lipinski definition) is 2. The van der Waals surface area contributed by atoms with E-state index in [4.69, 9.17) is 6.42 Å². The van der Waals surface area contributed by atoms with Crippen LogP contribution in [0.5, 0.6) is 0 Å². The number of terminal acetylenes is 1. The molecule has 0 radical (unpaired) electrons. The normalized spacial score (nSPS) is 9.87. The van der Waals surface area contributed by atoms with Crippen LogP contribution in [0.3, 0.4) is 0 Å². The third-order valence-electron chi connectivity index (χ3n) is 1.83. The van der Waals surface area contributed by atoms with Crippen LogP contribution in [0.2, 0.25) is 0 Å². The molecule has 0 unspecified atom stereocenters. The Morgan fingerprint density at radius 1 is 1.47 bits per heavy atom. The van der Waals surface area contributed by atoms with Gasteiger partial charge in [-0.3, -0.25) is 0 Å². The number of thioether (sulfide) groups is 1. The molecule has 1 aromatic rings. The van der Waals surface area contributed by atoms with Gasteiger partial charge in [0.2, 0.25) is 0 Å². The number of nitrogens with one attached hydrogen (secondary N) is 1. The fraction of sp³-hybridized carbons (Fsp3) is 0.333. The molecule has 1 nitrogen and oxygen atoms in total. The number of benzene rings is 1. The van der Waals surface area contributed by atoms with Crippen molar-refractivity contribution in [2.24, 2.45) is 0 Å². The van der Waals surface area contributed by atoms with Crippen LogP contribution in [0, 0.1) is 12.3 Å². The van der Waals surface area contributed by atoms with Crippen molar-refractivity contribution < 1.29 is 0 Å². The maximum atomic E-state index is 5.15. The summed E-state index contributed by atoms with van der Waals surface area (Å²) in [5.74, 6) is 4.48. The van der Waals surface area contributed by atoms with Crippen molar-refractivity contribution in [3.63, 3.8) is 0 Å². The Morgan fingerprint density at radius 3 is 3.07 bits per heavy atom. The second-order valence-corrected chi connectivity index (χ2v) is 5.08. The first-order chi connectivity index (χ1) is 7.33. The third-order valence-corrected chi connectivity index (χ3v) is 3.18. The topological polar surface area (TPSA) is 12.0 Å². The molecule has 3 heteroatoms. The summed E-state index contributed by atoms with van der Waals surface area (Å²) >= 11 is 5.23. The lowest BCUT2D eigenvalue weighted by Crippen LogP contribution is -2.16. The molecule has 15 heavy (non-hydrogen) atoms. The van der Waals surface area contributed by atoms with Gasteiger partial charge >= 0.3 is 0 Å². The smallest absolute Gasteiger partial charge is 0.0545 e. The lowest BCUT2D eigenvalue weighted by Gasteiger charge is -2.04. The van der Waals surface area contributed by atoms with Gasteiger partial charge in [0.1, 0.15) is 0 Å². The van der Waals surface area contributed by atoms with Crippen LogP contribution in [0.4, 0.5) is 0 Å². The van der Waals surface area contributed by atoms with E-state index in [-0.39, 0.29) is 0 Å². The van der Waals surface area contributed by atoms with Crippen molar-refractivity contribution in [2.75, 3.05) is 18.1 Å². The van der Waals surface area contributed by atoms with Gasteiger partial charge in [-0.15, -0.1) is 18.2 Å². The highest BCUT2D eigenvalue weighted by molar-refractivity contribution is 9.10. The number of rotatable bonds is 6. The minimum atomic E-state index is 0.804. The summed E-state index contributed by atoms with van der Waals surface area (Å²) in [4.78, 5) is 0. The van der Waals surface area contributed by atoms with E-state index in [0.717, 1.165) is 29.1 Å². The molecule has 0 aliphatic heterocycles. The first-order valence-electron chi connectivity index (χ1n) is 4.79. The van der Waals surface area contributed by atoms with Crippen molar-refractivity contribution in [1.29, 1.82) is 0 Å². The van der Waals surface area contributed by atoms with E-state index >= 15 is 0 Å². The predicted molar refractivity (Wildman–Crippen MR) is 72.0 cm³/mol. The average Bonchev–Trinajstić information content (AvgIpc) is 2.23. The molecule has 0 aromatic heterocycles. The summed E-state index contributed by atoms with van der Waals surface area (Å²) in [5, 5.41) is 3.38. The van der Waals surface area contributed by atoms with Crippen molar-refractivity contribution in [3.05, 3.63) is 34.3 Å². The summed E-state index contributed by atoms with van der Waals surface area (Å²) < 4.78 is 1.13. The van der Waals surface area contributed by atoms with E-state index in [1.54, 1.807) is 11.8 Å². The molecule has 0 aliphatic carbocycles. The Morgan fingerprint density at radius 2 is 2.33 bits per heavy atom. The maximum absolute atomic E-state index is 5.15. The summed E-state index contributed by atoms with van der Waals surface area (Å²) in [7, 11) is 0. The molecule has 80 valence electrons. The van der Waals surface area contributed by atoms with Gasteiger partial charge in [0.05, 0.1) is 5.75 Å². The molecule has 0 aliphatic rings. The lowest BCUT2D eigenvalue weighted by molar-refractivity contribution is 0.732. The number of halogens is 1. The lowest BCUT2D eigenvalue weighted by atomic mass is 10.2. The van der Waals surface area contributed by atoms with Crippen LogP contribution >= 0.6 is 27.7 Å².